The van der Waals surface area contributed by atoms with E-state index in [1.807, 2.05) is 0 Å². The Balaban J connectivity index is 1.25. The smallest absolute Gasteiger partial charge is 0.115 e. The third-order valence-corrected chi connectivity index (χ3v) is 6.81. The van der Waals surface area contributed by atoms with Crippen molar-refractivity contribution in [2.45, 2.75) is 76.4 Å². The Hall–Kier alpha value is -1.50. The maximum absolute atomic E-state index is 9.00. The van der Waals surface area contributed by atoms with Crippen LogP contribution in [0.1, 0.15) is 58.3 Å². The molecule has 0 bridgehead atoms. The lowest BCUT2D eigenvalue weighted by molar-refractivity contribution is 0.0719. The number of aliphatic hydroxyl groups is 1. The van der Waals surface area contributed by atoms with E-state index < -0.39 is 0 Å². The normalized spacial score (nSPS) is 27.9. The van der Waals surface area contributed by atoms with E-state index in [0.29, 0.717) is 18.7 Å². The molecule has 0 spiro atoms. The van der Waals surface area contributed by atoms with E-state index in [1.165, 1.54) is 45.2 Å². The summed E-state index contributed by atoms with van der Waals surface area (Å²) in [5, 5.41) is 16.1. The molecule has 1 aliphatic heterocycles. The number of nitrogens with zero attached hydrogens (tertiary/aromatic N) is 2. The molecule has 6 nitrogen and oxygen atoms in total. The van der Waals surface area contributed by atoms with Gasteiger partial charge in [0.05, 0.1) is 6.61 Å². The van der Waals surface area contributed by atoms with Crippen LogP contribution in [-0.4, -0.2) is 79.0 Å². The van der Waals surface area contributed by atoms with E-state index in [9.17, 15) is 0 Å². The molecule has 0 radical (unpaired) electrons. The molecule has 3 rings (SSSR count). The molecule has 0 amide bonds. The van der Waals surface area contributed by atoms with Gasteiger partial charge in [-0.05, 0) is 57.1 Å². The molecule has 1 heterocycles. The van der Waals surface area contributed by atoms with Crippen LogP contribution in [0.2, 0.25) is 0 Å². The van der Waals surface area contributed by atoms with E-state index in [4.69, 9.17) is 9.84 Å². The molecule has 1 atom stereocenters. The fourth-order valence-corrected chi connectivity index (χ4v) is 4.78. The second-order valence-corrected chi connectivity index (χ2v) is 9.14. The number of hydrogen-bond donors (Lipinski definition) is 3. The van der Waals surface area contributed by atoms with Crippen LogP contribution in [0.3, 0.4) is 0 Å². The zero-order chi connectivity index (χ0) is 21.7. The van der Waals surface area contributed by atoms with E-state index >= 15 is 0 Å². The van der Waals surface area contributed by atoms with Crippen molar-refractivity contribution in [3.05, 3.63) is 36.4 Å². The van der Waals surface area contributed by atoms with Gasteiger partial charge in [-0.1, -0.05) is 19.4 Å². The zero-order valence-electron chi connectivity index (χ0n) is 19.5. The van der Waals surface area contributed by atoms with Crippen LogP contribution in [0.25, 0.3) is 0 Å². The van der Waals surface area contributed by atoms with Crippen molar-refractivity contribution >= 4 is 0 Å². The summed E-state index contributed by atoms with van der Waals surface area (Å²) >= 11 is 0. The Labute approximate surface area is 189 Å². The van der Waals surface area contributed by atoms with Crippen LogP contribution in [-0.2, 0) is 4.74 Å². The number of allylic oxidation sites excluding steroid dienone is 1. The summed E-state index contributed by atoms with van der Waals surface area (Å²) < 4.78 is 5.75. The average molecular weight is 433 g/mol. The first-order valence-electron chi connectivity index (χ1n) is 12.5. The van der Waals surface area contributed by atoms with Crippen LogP contribution in [0.4, 0.5) is 0 Å². The van der Waals surface area contributed by atoms with Gasteiger partial charge in [0.25, 0.3) is 0 Å². The van der Waals surface area contributed by atoms with Crippen LogP contribution in [0.15, 0.2) is 36.4 Å². The van der Waals surface area contributed by atoms with Crippen molar-refractivity contribution in [3.63, 3.8) is 0 Å². The van der Waals surface area contributed by atoms with Gasteiger partial charge in [-0.25, -0.2) is 0 Å². The van der Waals surface area contributed by atoms with Gasteiger partial charge in [-0.15, -0.1) is 0 Å². The SMILES string of the molecule is CCCCOC1=CCC(N/C=C\NC2CCC(N3CCN(CCCO)CC3)CC2)C=C1. The lowest BCUT2D eigenvalue weighted by atomic mass is 9.90. The molecule has 0 aromatic carbocycles. The quantitative estimate of drug-likeness (QED) is 0.412. The first-order valence-corrected chi connectivity index (χ1v) is 12.5. The van der Waals surface area contributed by atoms with Crippen molar-refractivity contribution in [2.75, 3.05) is 45.9 Å². The van der Waals surface area contributed by atoms with E-state index in [-0.39, 0.29) is 0 Å². The Kier molecular flexibility index (Phi) is 10.8. The molecule has 3 N–H and O–H groups in total. The summed E-state index contributed by atoms with van der Waals surface area (Å²) in [6.45, 7) is 9.04. The molecule has 3 aliphatic rings. The van der Waals surface area contributed by atoms with Gasteiger partial charge in [0.1, 0.15) is 5.76 Å². The number of nitrogens with one attached hydrogen (secondary N) is 2. The average Bonchev–Trinajstić information content (AvgIpc) is 2.82. The molecule has 1 unspecified atom stereocenters. The maximum atomic E-state index is 9.00. The highest BCUT2D eigenvalue weighted by Gasteiger charge is 2.27. The molecule has 31 heavy (non-hydrogen) atoms. The Morgan fingerprint density at radius 2 is 1.84 bits per heavy atom. The van der Waals surface area contributed by atoms with Gasteiger partial charge in [-0.2, -0.15) is 0 Å². The van der Waals surface area contributed by atoms with Gasteiger partial charge in [-0.3, -0.25) is 4.90 Å². The van der Waals surface area contributed by atoms with Gasteiger partial charge in [0.2, 0.25) is 0 Å². The third-order valence-electron chi connectivity index (χ3n) is 6.81. The first-order chi connectivity index (χ1) is 15.3. The Morgan fingerprint density at radius 1 is 1.06 bits per heavy atom. The van der Waals surface area contributed by atoms with Gasteiger partial charge >= 0.3 is 0 Å². The predicted molar refractivity (Wildman–Crippen MR) is 128 cm³/mol. The topological polar surface area (TPSA) is 60.0 Å². The largest absolute Gasteiger partial charge is 0.494 e. The van der Waals surface area contributed by atoms with Crippen LogP contribution in [0.5, 0.6) is 0 Å². The summed E-state index contributed by atoms with van der Waals surface area (Å²) in [6, 6.07) is 1.71. The standard InChI is InChI=1S/C25H44N4O2/c1-2-3-21-31-25-11-7-23(8-12-25)27-14-13-26-22-5-9-24(10-6-22)29-18-16-28(17-19-29)15-4-20-30/h7,11-14,22-24,26-27,30H,2-6,8-10,15-21H2,1H3/b14-13-. The first kappa shape index (κ1) is 24.1. The molecule has 176 valence electrons. The minimum Gasteiger partial charge on any atom is -0.494 e. The maximum Gasteiger partial charge on any atom is 0.115 e. The van der Waals surface area contributed by atoms with E-state index in [0.717, 1.165) is 57.3 Å². The highest BCUT2D eigenvalue weighted by atomic mass is 16.5. The highest BCUT2D eigenvalue weighted by Crippen LogP contribution is 2.24. The van der Waals surface area contributed by atoms with Gasteiger partial charge < -0.3 is 25.4 Å². The fourth-order valence-electron chi connectivity index (χ4n) is 4.78. The van der Waals surface area contributed by atoms with Crippen molar-refractivity contribution in [1.82, 2.24) is 20.4 Å². The number of hydrogen-bond acceptors (Lipinski definition) is 6. The van der Waals surface area contributed by atoms with Crippen molar-refractivity contribution in [2.24, 2.45) is 0 Å². The predicted octanol–water partition coefficient (Wildman–Crippen LogP) is 2.98. The highest BCUT2D eigenvalue weighted by molar-refractivity contribution is 5.20. The van der Waals surface area contributed by atoms with Crippen molar-refractivity contribution in [3.8, 4) is 0 Å². The van der Waals surface area contributed by atoms with Crippen LogP contribution in [0, 0.1) is 0 Å². The number of ether oxygens (including phenoxy) is 1. The minimum atomic E-state index is 0.310. The molecular formula is C25H44N4O2. The second kappa shape index (κ2) is 13.8. The van der Waals surface area contributed by atoms with Crippen molar-refractivity contribution < 1.29 is 9.84 Å². The van der Waals surface area contributed by atoms with Crippen LogP contribution >= 0.6 is 0 Å². The monoisotopic (exact) mass is 432 g/mol. The molecule has 0 aromatic heterocycles. The Morgan fingerprint density at radius 3 is 2.52 bits per heavy atom. The molecule has 2 fully saturated rings. The molecule has 6 heteroatoms. The van der Waals surface area contributed by atoms with Gasteiger partial charge in [0, 0.05) is 69.9 Å². The summed E-state index contributed by atoms with van der Waals surface area (Å²) in [7, 11) is 0. The fraction of sp³-hybridized carbons (Fsp3) is 0.760. The van der Waals surface area contributed by atoms with Crippen LogP contribution < -0.4 is 10.6 Å². The summed E-state index contributed by atoms with van der Waals surface area (Å²) in [4.78, 5) is 5.20. The van der Waals surface area contributed by atoms with Crippen molar-refractivity contribution in [1.29, 1.82) is 0 Å². The summed E-state index contributed by atoms with van der Waals surface area (Å²) in [5.41, 5.74) is 0. The third kappa shape index (κ3) is 8.51. The number of rotatable bonds is 12. The van der Waals surface area contributed by atoms with E-state index in [2.05, 4.69) is 58.0 Å². The number of aliphatic hydroxyl groups excluding tert-OH is 1. The lowest BCUT2D eigenvalue weighted by Gasteiger charge is -2.42. The number of unbranched alkanes of at least 4 members (excludes halogenated alkanes) is 1. The minimum absolute atomic E-state index is 0.310. The molecule has 1 saturated heterocycles. The zero-order valence-corrected chi connectivity index (χ0v) is 19.5. The molecule has 1 saturated carbocycles. The van der Waals surface area contributed by atoms with E-state index in [1.54, 1.807) is 0 Å². The summed E-state index contributed by atoms with van der Waals surface area (Å²) in [5.74, 6) is 1.01. The molecule has 2 aliphatic carbocycles. The van der Waals surface area contributed by atoms with Gasteiger partial charge in [0.15, 0.2) is 0 Å². The second-order valence-electron chi connectivity index (χ2n) is 9.14. The lowest BCUT2D eigenvalue weighted by Crippen LogP contribution is -2.52. The molecule has 0 aromatic rings. The molecular weight excluding hydrogens is 388 g/mol. The summed E-state index contributed by atoms with van der Waals surface area (Å²) in [6.07, 6.45) is 19.9. The number of piperazine rings is 1. The Bertz CT molecular complexity index is 576.